The molecule has 0 aliphatic carbocycles. The van der Waals surface area contributed by atoms with E-state index in [9.17, 15) is 4.79 Å². The fraction of sp³-hybridized carbons (Fsp3) is 0.278. The standard InChI is InChI=1S/C18H20BrN3O.ClH/c19-15-5-7-17(8-6-15)22-10-9-16(12-22)21-18(23)14-3-1-13(11-20)2-4-14;/h1-8,16H,9-12,20H2,(H,21,23);1H. The highest BCUT2D eigenvalue weighted by molar-refractivity contribution is 9.10. The Kier molecular flexibility index (Phi) is 6.66. The van der Waals surface area contributed by atoms with Crippen LogP contribution in [0.15, 0.2) is 53.0 Å². The van der Waals surface area contributed by atoms with E-state index in [-0.39, 0.29) is 24.4 Å². The molecule has 0 bridgehead atoms. The van der Waals surface area contributed by atoms with Gasteiger partial charge in [0, 0.05) is 41.4 Å². The van der Waals surface area contributed by atoms with Crippen LogP contribution in [0.3, 0.4) is 0 Å². The number of nitrogens with one attached hydrogen (secondary N) is 1. The van der Waals surface area contributed by atoms with E-state index in [0.29, 0.717) is 12.1 Å². The Morgan fingerprint density at radius 2 is 1.83 bits per heavy atom. The molecule has 1 atom stereocenters. The Bertz CT molecular complexity index is 676. The van der Waals surface area contributed by atoms with E-state index in [4.69, 9.17) is 5.73 Å². The van der Waals surface area contributed by atoms with Crippen LogP contribution in [0.5, 0.6) is 0 Å². The summed E-state index contributed by atoms with van der Waals surface area (Å²) in [5.41, 5.74) is 8.49. The number of amides is 1. The van der Waals surface area contributed by atoms with Gasteiger partial charge in [0.1, 0.15) is 0 Å². The molecule has 24 heavy (non-hydrogen) atoms. The topological polar surface area (TPSA) is 58.4 Å². The minimum Gasteiger partial charge on any atom is -0.369 e. The molecule has 1 heterocycles. The van der Waals surface area contributed by atoms with E-state index in [1.165, 1.54) is 5.69 Å². The van der Waals surface area contributed by atoms with Gasteiger partial charge in [-0.15, -0.1) is 12.4 Å². The second-order valence-electron chi connectivity index (χ2n) is 5.78. The van der Waals surface area contributed by atoms with Crippen LogP contribution < -0.4 is 16.0 Å². The molecule has 1 amide bonds. The number of carbonyl (C=O) groups excluding carboxylic acids is 1. The smallest absolute Gasteiger partial charge is 0.251 e. The molecule has 1 aliphatic rings. The molecule has 1 unspecified atom stereocenters. The summed E-state index contributed by atoms with van der Waals surface area (Å²) in [6.07, 6.45) is 0.961. The van der Waals surface area contributed by atoms with Gasteiger partial charge in [0.05, 0.1) is 0 Å². The van der Waals surface area contributed by atoms with Crippen molar-refractivity contribution >= 4 is 39.9 Å². The third-order valence-electron chi connectivity index (χ3n) is 4.17. The second-order valence-corrected chi connectivity index (χ2v) is 6.70. The summed E-state index contributed by atoms with van der Waals surface area (Å²) in [5, 5.41) is 3.12. The highest BCUT2D eigenvalue weighted by Crippen LogP contribution is 2.22. The number of halogens is 2. The average molecular weight is 411 g/mol. The van der Waals surface area contributed by atoms with E-state index in [1.807, 2.05) is 36.4 Å². The zero-order chi connectivity index (χ0) is 16.2. The van der Waals surface area contributed by atoms with Crippen molar-refractivity contribution < 1.29 is 4.79 Å². The highest BCUT2D eigenvalue weighted by atomic mass is 79.9. The van der Waals surface area contributed by atoms with Gasteiger partial charge in [-0.25, -0.2) is 0 Å². The van der Waals surface area contributed by atoms with Crippen LogP contribution in [0.1, 0.15) is 22.3 Å². The van der Waals surface area contributed by atoms with Crippen molar-refractivity contribution in [3.05, 3.63) is 64.1 Å². The number of hydrogen-bond acceptors (Lipinski definition) is 3. The lowest BCUT2D eigenvalue weighted by atomic mass is 10.1. The van der Waals surface area contributed by atoms with Crippen LogP contribution in [0.25, 0.3) is 0 Å². The number of nitrogens with two attached hydrogens (primary N) is 1. The predicted molar refractivity (Wildman–Crippen MR) is 104 cm³/mol. The van der Waals surface area contributed by atoms with Crippen LogP contribution in [0.4, 0.5) is 5.69 Å². The van der Waals surface area contributed by atoms with E-state index < -0.39 is 0 Å². The van der Waals surface area contributed by atoms with Crippen molar-refractivity contribution in [2.45, 2.75) is 19.0 Å². The zero-order valence-electron chi connectivity index (χ0n) is 13.2. The Morgan fingerprint density at radius 1 is 1.17 bits per heavy atom. The van der Waals surface area contributed by atoms with Crippen molar-refractivity contribution in [2.75, 3.05) is 18.0 Å². The monoisotopic (exact) mass is 409 g/mol. The SMILES string of the molecule is Cl.NCc1ccc(C(=O)NC2CCN(c3ccc(Br)cc3)C2)cc1. The van der Waals surface area contributed by atoms with Crippen molar-refractivity contribution in [1.29, 1.82) is 0 Å². The Morgan fingerprint density at radius 3 is 2.46 bits per heavy atom. The van der Waals surface area contributed by atoms with Crippen molar-refractivity contribution in [3.63, 3.8) is 0 Å². The molecule has 2 aromatic rings. The largest absolute Gasteiger partial charge is 0.369 e. The van der Waals surface area contributed by atoms with Crippen LogP contribution in [0, 0.1) is 0 Å². The van der Waals surface area contributed by atoms with Gasteiger partial charge in [-0.3, -0.25) is 4.79 Å². The van der Waals surface area contributed by atoms with Gasteiger partial charge >= 0.3 is 0 Å². The Balaban J connectivity index is 0.00000208. The van der Waals surface area contributed by atoms with Crippen molar-refractivity contribution in [1.82, 2.24) is 5.32 Å². The van der Waals surface area contributed by atoms with Gasteiger partial charge in [-0.2, -0.15) is 0 Å². The average Bonchev–Trinajstić information content (AvgIpc) is 3.04. The van der Waals surface area contributed by atoms with Crippen molar-refractivity contribution in [3.8, 4) is 0 Å². The molecular formula is C18H21BrClN3O. The third-order valence-corrected chi connectivity index (χ3v) is 4.70. The molecule has 0 saturated carbocycles. The number of anilines is 1. The Labute approximate surface area is 157 Å². The lowest BCUT2D eigenvalue weighted by Crippen LogP contribution is -2.37. The van der Waals surface area contributed by atoms with Gasteiger partial charge in [-0.1, -0.05) is 28.1 Å². The van der Waals surface area contributed by atoms with E-state index >= 15 is 0 Å². The molecule has 4 nitrogen and oxygen atoms in total. The first kappa shape index (κ1) is 18.8. The summed E-state index contributed by atoms with van der Waals surface area (Å²) in [5.74, 6) is -0.0174. The molecule has 0 aromatic heterocycles. The number of benzene rings is 2. The molecule has 3 N–H and O–H groups in total. The van der Waals surface area contributed by atoms with E-state index in [1.54, 1.807) is 0 Å². The van der Waals surface area contributed by atoms with E-state index in [0.717, 1.165) is 29.5 Å². The quantitative estimate of drug-likeness (QED) is 0.813. The Hall–Kier alpha value is -1.56. The van der Waals surface area contributed by atoms with Crippen LogP contribution in [-0.2, 0) is 6.54 Å². The summed E-state index contributed by atoms with van der Waals surface area (Å²) in [6.45, 7) is 2.29. The summed E-state index contributed by atoms with van der Waals surface area (Å²) >= 11 is 3.45. The minimum atomic E-state index is -0.0174. The molecule has 128 valence electrons. The van der Waals surface area contributed by atoms with Gasteiger partial charge < -0.3 is 16.0 Å². The molecule has 1 aliphatic heterocycles. The highest BCUT2D eigenvalue weighted by Gasteiger charge is 2.24. The van der Waals surface area contributed by atoms with Gasteiger partial charge in [0.2, 0.25) is 0 Å². The normalized spacial score (nSPS) is 16.6. The minimum absolute atomic E-state index is 0. The third kappa shape index (κ3) is 4.50. The summed E-state index contributed by atoms with van der Waals surface area (Å²) < 4.78 is 1.08. The molecule has 1 fully saturated rings. The predicted octanol–water partition coefficient (Wildman–Crippen LogP) is 3.34. The first-order valence-corrected chi connectivity index (χ1v) is 8.55. The maximum absolute atomic E-state index is 12.3. The molecule has 6 heteroatoms. The zero-order valence-corrected chi connectivity index (χ0v) is 15.6. The fourth-order valence-corrected chi connectivity index (χ4v) is 3.09. The van der Waals surface area contributed by atoms with E-state index in [2.05, 4.69) is 38.3 Å². The first-order chi connectivity index (χ1) is 11.2. The van der Waals surface area contributed by atoms with Gasteiger partial charge in [0.15, 0.2) is 0 Å². The van der Waals surface area contributed by atoms with Crippen molar-refractivity contribution in [2.24, 2.45) is 5.73 Å². The fourth-order valence-electron chi connectivity index (χ4n) is 2.83. The lowest BCUT2D eigenvalue weighted by molar-refractivity contribution is 0.0940. The first-order valence-electron chi connectivity index (χ1n) is 7.76. The molecule has 3 rings (SSSR count). The molecule has 0 spiro atoms. The van der Waals surface area contributed by atoms with Gasteiger partial charge in [-0.05, 0) is 48.4 Å². The maximum atomic E-state index is 12.3. The number of nitrogens with zero attached hydrogens (tertiary/aromatic N) is 1. The molecule has 1 saturated heterocycles. The maximum Gasteiger partial charge on any atom is 0.251 e. The van der Waals surface area contributed by atoms with Crippen LogP contribution in [-0.4, -0.2) is 25.0 Å². The summed E-state index contributed by atoms with van der Waals surface area (Å²) in [7, 11) is 0. The summed E-state index contributed by atoms with van der Waals surface area (Å²) in [4.78, 5) is 14.6. The van der Waals surface area contributed by atoms with Crippen LogP contribution in [0.2, 0.25) is 0 Å². The van der Waals surface area contributed by atoms with Gasteiger partial charge in [0.25, 0.3) is 5.91 Å². The summed E-state index contributed by atoms with van der Waals surface area (Å²) in [6, 6.07) is 15.9. The number of carbonyl (C=O) groups is 1. The molecular weight excluding hydrogens is 390 g/mol. The second kappa shape index (κ2) is 8.51. The lowest BCUT2D eigenvalue weighted by Gasteiger charge is -2.19. The van der Waals surface area contributed by atoms with Crippen LogP contribution >= 0.6 is 28.3 Å². The number of hydrogen-bond donors (Lipinski definition) is 2. The number of rotatable bonds is 4. The molecule has 0 radical (unpaired) electrons. The molecule has 2 aromatic carbocycles.